The van der Waals surface area contributed by atoms with E-state index in [0.717, 1.165) is 18.4 Å². The number of likely N-dealkylation sites (tertiary alicyclic amines) is 1. The van der Waals surface area contributed by atoms with E-state index in [-0.39, 0.29) is 17.9 Å². The van der Waals surface area contributed by atoms with E-state index < -0.39 is 0 Å². The highest BCUT2D eigenvalue weighted by atomic mass is 16.2. The highest BCUT2D eigenvalue weighted by Crippen LogP contribution is 2.22. The second-order valence-electron chi connectivity index (χ2n) is 5.69. The maximum absolute atomic E-state index is 12.6. The molecule has 2 amide bonds. The van der Waals surface area contributed by atoms with Gasteiger partial charge in [-0.1, -0.05) is 6.07 Å². The molecule has 20 heavy (non-hydrogen) atoms. The molecule has 0 aromatic heterocycles. The van der Waals surface area contributed by atoms with Crippen LogP contribution in [0.1, 0.15) is 34.3 Å². The molecule has 1 aromatic carbocycles. The third-order valence-electron chi connectivity index (χ3n) is 3.99. The molecule has 0 radical (unpaired) electrons. The summed E-state index contributed by atoms with van der Waals surface area (Å²) in [4.78, 5) is 28.0. The Balaban J connectivity index is 2.23. The molecule has 0 saturated carbocycles. The Morgan fingerprint density at radius 1 is 1.20 bits per heavy atom. The van der Waals surface area contributed by atoms with Crippen LogP contribution in [0.2, 0.25) is 0 Å². The minimum absolute atomic E-state index is 0.0136. The van der Waals surface area contributed by atoms with Gasteiger partial charge in [0.25, 0.3) is 5.91 Å². The van der Waals surface area contributed by atoms with Gasteiger partial charge in [-0.2, -0.15) is 0 Å². The molecule has 0 bridgehead atoms. The molecule has 1 aromatic rings. The highest BCUT2D eigenvalue weighted by Gasteiger charge is 2.35. The molecule has 0 spiro atoms. The summed E-state index contributed by atoms with van der Waals surface area (Å²) in [5, 5.41) is 0. The van der Waals surface area contributed by atoms with Gasteiger partial charge in [0, 0.05) is 26.2 Å². The number of benzene rings is 1. The van der Waals surface area contributed by atoms with Gasteiger partial charge in [-0.3, -0.25) is 9.59 Å². The predicted molar refractivity (Wildman–Crippen MR) is 78.7 cm³/mol. The maximum Gasteiger partial charge on any atom is 0.254 e. The van der Waals surface area contributed by atoms with Crippen molar-refractivity contribution in [3.8, 4) is 0 Å². The lowest BCUT2D eigenvalue weighted by Gasteiger charge is -2.26. The Morgan fingerprint density at radius 2 is 1.90 bits per heavy atom. The standard InChI is InChI=1S/C16H22N2O2/c1-11-7-8-13(10-12(11)2)15(19)18-9-5-6-14(18)16(20)17(3)4/h7-8,10,14H,5-6,9H2,1-4H3. The van der Waals surface area contributed by atoms with Crippen LogP contribution in [-0.4, -0.2) is 48.3 Å². The molecule has 4 heteroatoms. The van der Waals surface area contributed by atoms with E-state index in [9.17, 15) is 9.59 Å². The molecule has 1 fully saturated rings. The summed E-state index contributed by atoms with van der Waals surface area (Å²) in [5.74, 6) is -0.0227. The number of aryl methyl sites for hydroxylation is 2. The lowest BCUT2D eigenvalue weighted by atomic mass is 10.1. The van der Waals surface area contributed by atoms with Crippen molar-refractivity contribution in [3.05, 3.63) is 34.9 Å². The van der Waals surface area contributed by atoms with Gasteiger partial charge >= 0.3 is 0 Å². The number of likely N-dealkylation sites (N-methyl/N-ethyl adjacent to an activating group) is 1. The normalized spacial score (nSPS) is 18.2. The summed E-state index contributed by atoms with van der Waals surface area (Å²) in [6.07, 6.45) is 1.65. The van der Waals surface area contributed by atoms with Crippen LogP contribution in [0.15, 0.2) is 18.2 Å². The molecule has 1 unspecified atom stereocenters. The number of hydrogen-bond donors (Lipinski definition) is 0. The lowest BCUT2D eigenvalue weighted by Crippen LogP contribution is -2.45. The molecule has 1 atom stereocenters. The van der Waals surface area contributed by atoms with Crippen LogP contribution in [0.4, 0.5) is 0 Å². The molecule has 1 heterocycles. The Kier molecular flexibility index (Phi) is 4.12. The Hall–Kier alpha value is -1.84. The molecule has 1 aliphatic heterocycles. The SMILES string of the molecule is Cc1ccc(C(=O)N2CCCC2C(=O)N(C)C)cc1C. The number of carbonyl (C=O) groups is 2. The van der Waals surface area contributed by atoms with Crippen LogP contribution >= 0.6 is 0 Å². The van der Waals surface area contributed by atoms with Crippen molar-refractivity contribution in [2.45, 2.75) is 32.7 Å². The maximum atomic E-state index is 12.6. The predicted octanol–water partition coefficient (Wildman–Crippen LogP) is 2.00. The summed E-state index contributed by atoms with van der Waals surface area (Å²) in [7, 11) is 3.47. The van der Waals surface area contributed by atoms with Gasteiger partial charge in [-0.15, -0.1) is 0 Å². The first-order valence-electron chi connectivity index (χ1n) is 7.01. The molecule has 0 N–H and O–H groups in total. The summed E-state index contributed by atoms with van der Waals surface area (Å²) in [6.45, 7) is 4.69. The van der Waals surface area contributed by atoms with Crippen LogP contribution in [0.3, 0.4) is 0 Å². The number of rotatable bonds is 2. The smallest absolute Gasteiger partial charge is 0.254 e. The molecule has 1 aliphatic rings. The van der Waals surface area contributed by atoms with E-state index in [1.807, 2.05) is 32.0 Å². The molecule has 108 valence electrons. The van der Waals surface area contributed by atoms with Crippen LogP contribution in [-0.2, 0) is 4.79 Å². The molecule has 1 saturated heterocycles. The van der Waals surface area contributed by atoms with Crippen molar-refractivity contribution in [2.75, 3.05) is 20.6 Å². The molecule has 4 nitrogen and oxygen atoms in total. The van der Waals surface area contributed by atoms with Crippen molar-refractivity contribution >= 4 is 11.8 Å². The summed E-state index contributed by atoms with van der Waals surface area (Å²) >= 11 is 0. The summed E-state index contributed by atoms with van der Waals surface area (Å²) in [6, 6.07) is 5.41. The minimum atomic E-state index is -0.306. The average Bonchev–Trinajstić information content (AvgIpc) is 2.89. The van der Waals surface area contributed by atoms with Crippen LogP contribution in [0.5, 0.6) is 0 Å². The van der Waals surface area contributed by atoms with E-state index >= 15 is 0 Å². The third-order valence-corrected chi connectivity index (χ3v) is 3.99. The van der Waals surface area contributed by atoms with Gasteiger partial charge in [0.1, 0.15) is 6.04 Å². The first kappa shape index (κ1) is 14.6. The third kappa shape index (κ3) is 2.69. The van der Waals surface area contributed by atoms with Gasteiger partial charge < -0.3 is 9.80 Å². The topological polar surface area (TPSA) is 40.6 Å². The number of hydrogen-bond acceptors (Lipinski definition) is 2. The van der Waals surface area contributed by atoms with Gasteiger partial charge in [0.15, 0.2) is 0 Å². The van der Waals surface area contributed by atoms with E-state index in [2.05, 4.69) is 0 Å². The van der Waals surface area contributed by atoms with Crippen LogP contribution in [0, 0.1) is 13.8 Å². The fourth-order valence-corrected chi connectivity index (χ4v) is 2.60. The van der Waals surface area contributed by atoms with Crippen molar-refractivity contribution < 1.29 is 9.59 Å². The van der Waals surface area contributed by atoms with E-state index in [1.165, 1.54) is 5.56 Å². The molecular weight excluding hydrogens is 252 g/mol. The van der Waals surface area contributed by atoms with Gasteiger partial charge in [0.05, 0.1) is 0 Å². The van der Waals surface area contributed by atoms with Crippen LogP contribution < -0.4 is 0 Å². The van der Waals surface area contributed by atoms with Crippen molar-refractivity contribution in [1.82, 2.24) is 9.80 Å². The van der Waals surface area contributed by atoms with Crippen molar-refractivity contribution in [3.63, 3.8) is 0 Å². The second kappa shape index (κ2) is 5.65. The van der Waals surface area contributed by atoms with E-state index in [0.29, 0.717) is 12.1 Å². The zero-order chi connectivity index (χ0) is 14.9. The zero-order valence-electron chi connectivity index (χ0n) is 12.6. The Morgan fingerprint density at radius 3 is 2.50 bits per heavy atom. The fraction of sp³-hybridized carbons (Fsp3) is 0.500. The first-order chi connectivity index (χ1) is 9.41. The van der Waals surface area contributed by atoms with Crippen molar-refractivity contribution in [2.24, 2.45) is 0 Å². The quantitative estimate of drug-likeness (QED) is 0.827. The summed E-state index contributed by atoms with van der Waals surface area (Å²) < 4.78 is 0. The second-order valence-corrected chi connectivity index (χ2v) is 5.69. The number of nitrogens with zero attached hydrogens (tertiary/aromatic N) is 2. The molecule has 2 rings (SSSR count). The molecule has 0 aliphatic carbocycles. The monoisotopic (exact) mass is 274 g/mol. The lowest BCUT2D eigenvalue weighted by molar-refractivity contribution is -0.132. The minimum Gasteiger partial charge on any atom is -0.347 e. The van der Waals surface area contributed by atoms with E-state index in [4.69, 9.17) is 0 Å². The largest absolute Gasteiger partial charge is 0.347 e. The number of amides is 2. The first-order valence-corrected chi connectivity index (χ1v) is 7.01. The van der Waals surface area contributed by atoms with Gasteiger partial charge in [-0.05, 0) is 49.9 Å². The van der Waals surface area contributed by atoms with E-state index in [1.54, 1.807) is 23.9 Å². The Bertz CT molecular complexity index is 537. The molecular formula is C16H22N2O2. The number of carbonyl (C=O) groups excluding carboxylic acids is 2. The average molecular weight is 274 g/mol. The fourth-order valence-electron chi connectivity index (χ4n) is 2.60. The highest BCUT2D eigenvalue weighted by molar-refractivity contribution is 5.98. The van der Waals surface area contributed by atoms with Crippen molar-refractivity contribution in [1.29, 1.82) is 0 Å². The van der Waals surface area contributed by atoms with Crippen LogP contribution in [0.25, 0.3) is 0 Å². The summed E-state index contributed by atoms with van der Waals surface area (Å²) in [5.41, 5.74) is 2.95. The zero-order valence-corrected chi connectivity index (χ0v) is 12.6. The Labute approximate surface area is 120 Å². The van der Waals surface area contributed by atoms with Gasteiger partial charge in [0.2, 0.25) is 5.91 Å². The van der Waals surface area contributed by atoms with Gasteiger partial charge in [-0.25, -0.2) is 0 Å².